The average Bonchev–Trinajstić information content (AvgIpc) is 3.16. The Morgan fingerprint density at radius 3 is 3.00 bits per heavy atom. The highest BCUT2D eigenvalue weighted by Gasteiger charge is 2.20. The maximum absolute atomic E-state index is 13.4. The molecule has 1 fully saturated rings. The summed E-state index contributed by atoms with van der Waals surface area (Å²) in [6.07, 6.45) is 2.49. The van der Waals surface area contributed by atoms with E-state index in [0.717, 1.165) is 5.69 Å². The smallest absolute Gasteiger partial charge is 0.174 e. The molecule has 1 aromatic heterocycles. The zero-order valence-corrected chi connectivity index (χ0v) is 11.4. The monoisotopic (exact) mass is 276 g/mol. The van der Waals surface area contributed by atoms with Crippen molar-refractivity contribution in [2.24, 2.45) is 0 Å². The van der Waals surface area contributed by atoms with Gasteiger partial charge in [0.1, 0.15) is 18.2 Å². The van der Waals surface area contributed by atoms with Crippen LogP contribution < -0.4 is 10.1 Å². The number of rotatable bonds is 6. The van der Waals surface area contributed by atoms with Gasteiger partial charge in [-0.15, -0.1) is 0 Å². The van der Waals surface area contributed by atoms with Crippen molar-refractivity contribution in [3.05, 3.63) is 47.1 Å². The van der Waals surface area contributed by atoms with Crippen molar-refractivity contribution in [3.8, 4) is 5.75 Å². The SMILES string of the molecule is Cc1ccc(OCc2cc(CNC3CC3)no2)cc1F. The number of hydrogen-bond donors (Lipinski definition) is 1. The maximum Gasteiger partial charge on any atom is 0.174 e. The number of halogens is 1. The largest absolute Gasteiger partial charge is 0.485 e. The minimum absolute atomic E-state index is 0.249. The van der Waals surface area contributed by atoms with E-state index in [2.05, 4.69) is 10.5 Å². The van der Waals surface area contributed by atoms with Gasteiger partial charge in [0.15, 0.2) is 5.76 Å². The lowest BCUT2D eigenvalue weighted by Gasteiger charge is -2.04. The summed E-state index contributed by atoms with van der Waals surface area (Å²) in [5, 5.41) is 7.33. The number of benzene rings is 1. The maximum atomic E-state index is 13.4. The van der Waals surface area contributed by atoms with Gasteiger partial charge in [-0.3, -0.25) is 0 Å². The Morgan fingerprint density at radius 2 is 2.25 bits per heavy atom. The van der Waals surface area contributed by atoms with Crippen molar-refractivity contribution in [2.45, 2.75) is 39.0 Å². The first-order valence-corrected chi connectivity index (χ1v) is 6.77. The van der Waals surface area contributed by atoms with Crippen molar-refractivity contribution in [1.29, 1.82) is 0 Å². The van der Waals surface area contributed by atoms with Gasteiger partial charge in [-0.05, 0) is 31.4 Å². The first-order valence-electron chi connectivity index (χ1n) is 6.77. The minimum atomic E-state index is -0.269. The van der Waals surface area contributed by atoms with E-state index in [9.17, 15) is 4.39 Å². The number of aryl methyl sites for hydroxylation is 1. The molecular formula is C15H17FN2O2. The highest BCUT2D eigenvalue weighted by Crippen LogP contribution is 2.20. The number of hydrogen-bond acceptors (Lipinski definition) is 4. The van der Waals surface area contributed by atoms with E-state index < -0.39 is 0 Å². The minimum Gasteiger partial charge on any atom is -0.485 e. The summed E-state index contributed by atoms with van der Waals surface area (Å²) in [6, 6.07) is 7.31. The average molecular weight is 276 g/mol. The van der Waals surface area contributed by atoms with Crippen LogP contribution in [0.2, 0.25) is 0 Å². The molecule has 0 bridgehead atoms. The van der Waals surface area contributed by atoms with Crippen LogP contribution in [0.4, 0.5) is 4.39 Å². The molecule has 1 N–H and O–H groups in total. The Bertz CT molecular complexity index is 593. The zero-order valence-electron chi connectivity index (χ0n) is 11.4. The van der Waals surface area contributed by atoms with Crippen LogP contribution in [0, 0.1) is 12.7 Å². The van der Waals surface area contributed by atoms with Gasteiger partial charge in [-0.25, -0.2) is 4.39 Å². The Balaban J connectivity index is 1.53. The van der Waals surface area contributed by atoms with Gasteiger partial charge in [0.2, 0.25) is 0 Å². The molecule has 1 aromatic carbocycles. The second-order valence-electron chi connectivity index (χ2n) is 5.14. The van der Waals surface area contributed by atoms with Gasteiger partial charge in [-0.1, -0.05) is 11.2 Å². The lowest BCUT2D eigenvalue weighted by molar-refractivity contribution is 0.247. The van der Waals surface area contributed by atoms with Crippen molar-refractivity contribution in [2.75, 3.05) is 0 Å². The van der Waals surface area contributed by atoms with Crippen LogP contribution in [0.1, 0.15) is 29.9 Å². The van der Waals surface area contributed by atoms with Gasteiger partial charge in [0, 0.05) is 24.7 Å². The number of ether oxygens (including phenoxy) is 1. The zero-order chi connectivity index (χ0) is 13.9. The Kier molecular flexibility index (Phi) is 3.69. The first-order chi connectivity index (χ1) is 9.70. The highest BCUT2D eigenvalue weighted by atomic mass is 19.1. The molecule has 1 saturated carbocycles. The van der Waals surface area contributed by atoms with Crippen LogP contribution in [-0.4, -0.2) is 11.2 Å². The molecule has 1 aliphatic carbocycles. The van der Waals surface area contributed by atoms with Crippen molar-refractivity contribution < 1.29 is 13.7 Å². The Hall–Kier alpha value is -1.88. The molecule has 0 aliphatic heterocycles. The molecule has 2 aromatic rings. The van der Waals surface area contributed by atoms with Crippen molar-refractivity contribution >= 4 is 0 Å². The standard InChI is InChI=1S/C15H17FN2O2/c1-10-2-5-13(7-15(10)16)19-9-14-6-12(18-20-14)8-17-11-3-4-11/h2,5-7,11,17H,3-4,8-9H2,1H3. The molecule has 1 heterocycles. The summed E-state index contributed by atoms with van der Waals surface area (Å²) in [5.41, 5.74) is 1.47. The van der Waals surface area contributed by atoms with E-state index in [1.54, 1.807) is 19.1 Å². The molecule has 20 heavy (non-hydrogen) atoms. The molecule has 3 rings (SSSR count). The van der Waals surface area contributed by atoms with Crippen LogP contribution in [0.3, 0.4) is 0 Å². The first kappa shape index (κ1) is 13.1. The van der Waals surface area contributed by atoms with Crippen LogP contribution in [0.25, 0.3) is 0 Å². The van der Waals surface area contributed by atoms with Crippen molar-refractivity contribution in [1.82, 2.24) is 10.5 Å². The quantitative estimate of drug-likeness (QED) is 0.881. The molecule has 106 valence electrons. The van der Waals surface area contributed by atoms with Crippen LogP contribution in [-0.2, 0) is 13.2 Å². The lowest BCUT2D eigenvalue weighted by atomic mass is 10.2. The lowest BCUT2D eigenvalue weighted by Crippen LogP contribution is -2.15. The van der Waals surface area contributed by atoms with Gasteiger partial charge < -0.3 is 14.6 Å². The molecule has 0 amide bonds. The van der Waals surface area contributed by atoms with Gasteiger partial charge in [-0.2, -0.15) is 0 Å². The predicted octanol–water partition coefficient (Wildman–Crippen LogP) is 2.95. The molecule has 1 aliphatic rings. The van der Waals surface area contributed by atoms with Crippen molar-refractivity contribution in [3.63, 3.8) is 0 Å². The fraction of sp³-hybridized carbons (Fsp3) is 0.400. The summed E-state index contributed by atoms with van der Waals surface area (Å²) in [6.45, 7) is 2.68. The molecule has 5 heteroatoms. The Labute approximate surface area is 116 Å². The summed E-state index contributed by atoms with van der Waals surface area (Å²) in [7, 11) is 0. The number of nitrogens with one attached hydrogen (secondary N) is 1. The third-order valence-electron chi connectivity index (χ3n) is 3.28. The summed E-state index contributed by atoms with van der Waals surface area (Å²) in [4.78, 5) is 0. The molecule has 0 saturated heterocycles. The fourth-order valence-electron chi connectivity index (χ4n) is 1.86. The summed E-state index contributed by atoms with van der Waals surface area (Å²) in [5.74, 6) is 0.857. The predicted molar refractivity (Wildman–Crippen MR) is 71.8 cm³/mol. The van der Waals surface area contributed by atoms with E-state index in [4.69, 9.17) is 9.26 Å². The molecule has 0 spiro atoms. The van der Waals surface area contributed by atoms with E-state index >= 15 is 0 Å². The molecule has 0 radical (unpaired) electrons. The highest BCUT2D eigenvalue weighted by molar-refractivity contribution is 5.28. The molecule has 0 atom stereocenters. The topological polar surface area (TPSA) is 47.3 Å². The molecular weight excluding hydrogens is 259 g/mol. The van der Waals surface area contributed by atoms with E-state index in [1.807, 2.05) is 6.07 Å². The second-order valence-corrected chi connectivity index (χ2v) is 5.14. The van der Waals surface area contributed by atoms with Gasteiger partial charge in [0.25, 0.3) is 0 Å². The number of nitrogens with zero attached hydrogens (tertiary/aromatic N) is 1. The number of aromatic nitrogens is 1. The van der Waals surface area contributed by atoms with E-state index in [-0.39, 0.29) is 12.4 Å². The van der Waals surface area contributed by atoms with Crippen LogP contribution in [0.15, 0.2) is 28.8 Å². The van der Waals surface area contributed by atoms with Crippen LogP contribution in [0.5, 0.6) is 5.75 Å². The summed E-state index contributed by atoms with van der Waals surface area (Å²) < 4.78 is 24.0. The summed E-state index contributed by atoms with van der Waals surface area (Å²) >= 11 is 0. The van der Waals surface area contributed by atoms with Crippen LogP contribution >= 0.6 is 0 Å². The van der Waals surface area contributed by atoms with Gasteiger partial charge in [0.05, 0.1) is 5.69 Å². The molecule has 4 nitrogen and oxygen atoms in total. The molecule has 0 unspecified atom stereocenters. The van der Waals surface area contributed by atoms with E-state index in [1.165, 1.54) is 18.9 Å². The van der Waals surface area contributed by atoms with Gasteiger partial charge >= 0.3 is 0 Å². The van der Waals surface area contributed by atoms with E-state index in [0.29, 0.717) is 29.7 Å². The fourth-order valence-corrected chi connectivity index (χ4v) is 1.86. The second kappa shape index (κ2) is 5.63. The Morgan fingerprint density at radius 1 is 1.40 bits per heavy atom. The normalized spacial score (nSPS) is 14.5. The third-order valence-corrected chi connectivity index (χ3v) is 3.28. The third kappa shape index (κ3) is 3.36.